The normalized spacial score (nSPS) is 14.9. The molecular weight excluding hydrogens is 337 g/mol. The van der Waals surface area contributed by atoms with E-state index < -0.39 is 42.1 Å². The topological polar surface area (TPSA) is 64.6 Å². The van der Waals surface area contributed by atoms with Crippen molar-refractivity contribution in [3.8, 4) is 0 Å². The predicted molar refractivity (Wildman–Crippen MR) is 68.3 cm³/mol. The van der Waals surface area contributed by atoms with Crippen LogP contribution in [0.15, 0.2) is 12.7 Å². The van der Waals surface area contributed by atoms with E-state index in [0.29, 0.717) is 6.08 Å². The molecule has 1 atom stereocenters. The van der Waals surface area contributed by atoms with E-state index in [2.05, 4.69) is 28.7 Å². The van der Waals surface area contributed by atoms with Crippen molar-refractivity contribution in [2.24, 2.45) is 0 Å². The minimum absolute atomic E-state index is 0.242. The lowest BCUT2D eigenvalue weighted by atomic mass is 10.2. The highest BCUT2D eigenvalue weighted by molar-refractivity contribution is 7.81. The van der Waals surface area contributed by atoms with Gasteiger partial charge in [-0.05, 0) is 6.92 Å². The zero-order chi connectivity index (χ0) is 17.6. The molecule has 0 radical (unpaired) electrons. The van der Waals surface area contributed by atoms with Crippen LogP contribution in [0.4, 0.5) is 22.0 Å². The minimum atomic E-state index is -5.50. The van der Waals surface area contributed by atoms with Gasteiger partial charge in [0.05, 0.1) is 6.61 Å². The van der Waals surface area contributed by atoms with Crippen LogP contribution in [0.1, 0.15) is 13.3 Å². The van der Waals surface area contributed by atoms with Crippen molar-refractivity contribution in [3.63, 3.8) is 0 Å². The van der Waals surface area contributed by atoms with E-state index in [0.717, 1.165) is 0 Å². The molecule has 0 aromatic rings. The molecule has 0 aromatic carbocycles. The van der Waals surface area contributed by atoms with Gasteiger partial charge in [0.15, 0.2) is 0 Å². The molecule has 0 aromatic heterocycles. The van der Waals surface area contributed by atoms with Crippen LogP contribution < -0.4 is 5.32 Å². The number of esters is 1. The molecule has 0 aliphatic rings. The monoisotopic (exact) mass is 351 g/mol. The molecule has 11 heteroatoms. The third-order valence-electron chi connectivity index (χ3n) is 2.13. The predicted octanol–water partition coefficient (Wildman–Crippen LogP) is 2.04. The van der Waals surface area contributed by atoms with Crippen LogP contribution in [0.2, 0.25) is 0 Å². The van der Waals surface area contributed by atoms with Crippen LogP contribution in [0, 0.1) is 0 Å². The second kappa shape index (κ2) is 7.77. The van der Waals surface area contributed by atoms with Crippen molar-refractivity contribution in [2.45, 2.75) is 30.6 Å². The Morgan fingerprint density at radius 3 is 2.18 bits per heavy atom. The van der Waals surface area contributed by atoms with Crippen LogP contribution in [0.3, 0.4) is 0 Å². The number of alkyl halides is 5. The van der Waals surface area contributed by atoms with E-state index in [9.17, 15) is 31.5 Å². The average Bonchev–Trinajstić information content (AvgIpc) is 2.34. The molecule has 0 rings (SSSR count). The highest BCUT2D eigenvalue weighted by Crippen LogP contribution is 2.36. The van der Waals surface area contributed by atoms with Crippen molar-refractivity contribution in [1.82, 2.24) is 5.32 Å². The third-order valence-corrected chi connectivity index (χ3v) is 2.35. The van der Waals surface area contributed by atoms with Crippen molar-refractivity contribution < 1.29 is 41.0 Å². The second-order valence-corrected chi connectivity index (χ2v) is 4.52. The summed E-state index contributed by atoms with van der Waals surface area (Å²) in [6, 6.07) is 0. The maximum atomic E-state index is 13.2. The van der Waals surface area contributed by atoms with Crippen LogP contribution in [0.25, 0.3) is 0 Å². The average molecular weight is 351 g/mol. The molecule has 22 heavy (non-hydrogen) atoms. The highest BCUT2D eigenvalue weighted by atomic mass is 32.1. The van der Waals surface area contributed by atoms with Gasteiger partial charge in [-0.3, -0.25) is 4.79 Å². The lowest BCUT2D eigenvalue weighted by Gasteiger charge is -2.32. The van der Waals surface area contributed by atoms with Crippen LogP contribution in [0.5, 0.6) is 0 Å². The van der Waals surface area contributed by atoms with Crippen molar-refractivity contribution in [2.75, 3.05) is 13.2 Å². The molecule has 0 saturated carbocycles. The second-order valence-electron chi connectivity index (χ2n) is 3.86. The van der Waals surface area contributed by atoms with Gasteiger partial charge in [0, 0.05) is 19.0 Å². The Hall–Kier alpha value is -1.36. The van der Waals surface area contributed by atoms with Gasteiger partial charge in [0.25, 0.3) is 5.25 Å². The maximum absolute atomic E-state index is 13.2. The number of amides is 1. The van der Waals surface area contributed by atoms with Crippen molar-refractivity contribution in [1.29, 1.82) is 0 Å². The van der Waals surface area contributed by atoms with Crippen LogP contribution in [-0.2, 0) is 19.1 Å². The maximum Gasteiger partial charge on any atom is 0.466 e. The van der Waals surface area contributed by atoms with Gasteiger partial charge in [-0.2, -0.15) is 22.0 Å². The summed E-state index contributed by atoms with van der Waals surface area (Å²) in [5.74, 6) is -7.51. The summed E-state index contributed by atoms with van der Waals surface area (Å²) in [5, 5.41) is -1.86. The standard InChI is InChI=1S/C11H14F5NO4S/c1-3-7(18)21-10(11(14,15)16,8(19)17-4-2)20-6-5-9(12,13)22/h3,22H,1,4-6H2,2H3,(H,17,19). The van der Waals surface area contributed by atoms with Gasteiger partial charge in [-0.15, -0.1) is 12.6 Å². The first-order chi connectivity index (χ1) is 9.89. The Morgan fingerprint density at radius 1 is 1.27 bits per heavy atom. The van der Waals surface area contributed by atoms with Crippen LogP contribution >= 0.6 is 12.6 Å². The molecule has 0 fully saturated rings. The molecule has 0 bridgehead atoms. The summed E-state index contributed by atoms with van der Waals surface area (Å²) in [4.78, 5) is 22.7. The molecule has 0 spiro atoms. The number of thiol groups is 1. The van der Waals surface area contributed by atoms with Gasteiger partial charge < -0.3 is 14.8 Å². The largest absolute Gasteiger partial charge is 0.466 e. The Labute approximate surface area is 128 Å². The first kappa shape index (κ1) is 20.6. The van der Waals surface area contributed by atoms with Crippen molar-refractivity contribution >= 4 is 24.5 Å². The first-order valence-electron chi connectivity index (χ1n) is 5.84. The van der Waals surface area contributed by atoms with E-state index in [-0.39, 0.29) is 6.54 Å². The van der Waals surface area contributed by atoms with E-state index in [1.54, 1.807) is 5.32 Å². The molecule has 1 N–H and O–H groups in total. The molecule has 5 nitrogen and oxygen atoms in total. The lowest BCUT2D eigenvalue weighted by Crippen LogP contribution is -2.61. The third kappa shape index (κ3) is 5.79. The number of rotatable bonds is 8. The number of ether oxygens (including phenoxy) is 2. The molecule has 1 amide bonds. The van der Waals surface area contributed by atoms with Crippen LogP contribution in [-0.4, -0.2) is 42.2 Å². The number of carbonyl (C=O) groups is 2. The molecule has 0 aliphatic carbocycles. The summed E-state index contributed by atoms with van der Waals surface area (Å²) in [6.45, 7) is 2.71. The summed E-state index contributed by atoms with van der Waals surface area (Å²) in [7, 11) is 0. The fraction of sp³-hybridized carbons (Fsp3) is 0.636. The highest BCUT2D eigenvalue weighted by Gasteiger charge is 2.66. The Bertz CT molecular complexity index is 424. The molecule has 0 heterocycles. The summed E-state index contributed by atoms with van der Waals surface area (Å²) in [6.07, 6.45) is -6.37. The SMILES string of the molecule is C=CC(=O)OC(OCCC(F)(F)S)(C(=O)NCC)C(F)(F)F. The molecule has 0 aliphatic heterocycles. The summed E-state index contributed by atoms with van der Waals surface area (Å²) in [5.41, 5.74) is 0. The Morgan fingerprint density at radius 2 is 1.82 bits per heavy atom. The van der Waals surface area contributed by atoms with Gasteiger partial charge >= 0.3 is 23.8 Å². The molecule has 0 saturated heterocycles. The summed E-state index contributed by atoms with van der Waals surface area (Å²) < 4.78 is 72.8. The number of hydrogen-bond acceptors (Lipinski definition) is 5. The van der Waals surface area contributed by atoms with E-state index in [1.807, 2.05) is 0 Å². The quantitative estimate of drug-likeness (QED) is 0.231. The van der Waals surface area contributed by atoms with Crippen molar-refractivity contribution in [3.05, 3.63) is 12.7 Å². The molecular formula is C11H14F5NO4S. The Kier molecular flexibility index (Phi) is 7.29. The smallest absolute Gasteiger partial charge is 0.412 e. The number of hydrogen-bond donors (Lipinski definition) is 2. The van der Waals surface area contributed by atoms with Gasteiger partial charge in [-0.25, -0.2) is 4.79 Å². The van der Waals surface area contributed by atoms with Gasteiger partial charge in [0.1, 0.15) is 0 Å². The molecule has 1 unspecified atom stereocenters. The fourth-order valence-corrected chi connectivity index (χ4v) is 1.28. The number of likely N-dealkylation sites (N-methyl/N-ethyl adjacent to an activating group) is 1. The Balaban J connectivity index is 5.50. The molecule has 128 valence electrons. The number of carbonyl (C=O) groups excluding carboxylic acids is 2. The van der Waals surface area contributed by atoms with Gasteiger partial charge in [-0.1, -0.05) is 6.58 Å². The number of halogens is 5. The van der Waals surface area contributed by atoms with Gasteiger partial charge in [0.2, 0.25) is 0 Å². The van der Waals surface area contributed by atoms with E-state index in [1.165, 1.54) is 6.92 Å². The fourth-order valence-electron chi connectivity index (χ4n) is 1.19. The van der Waals surface area contributed by atoms with E-state index in [4.69, 9.17) is 0 Å². The zero-order valence-electron chi connectivity index (χ0n) is 11.4. The number of nitrogens with one attached hydrogen (secondary N) is 1. The lowest BCUT2D eigenvalue weighted by molar-refractivity contribution is -0.347. The van der Waals surface area contributed by atoms with E-state index >= 15 is 0 Å². The first-order valence-corrected chi connectivity index (χ1v) is 6.29. The minimum Gasteiger partial charge on any atom is -0.412 e. The zero-order valence-corrected chi connectivity index (χ0v) is 12.3. The summed E-state index contributed by atoms with van der Waals surface area (Å²) >= 11 is 2.82.